The summed E-state index contributed by atoms with van der Waals surface area (Å²) in [4.78, 5) is 18.8. The molecule has 1 aliphatic carbocycles. The molecule has 4 heteroatoms. The van der Waals surface area contributed by atoms with E-state index in [1.807, 2.05) is 30.0 Å². The van der Waals surface area contributed by atoms with E-state index in [-0.39, 0.29) is 11.8 Å². The SMILES string of the molecule is CCN(Cc1ccccn1)C(=O)C1CCCC1CN. The number of aromatic nitrogens is 1. The standard InChI is InChI=1S/C15H23N3O/c1-2-18(11-13-7-3-4-9-17-13)15(19)14-8-5-6-12(14)10-16/h3-4,7,9,12,14H,2,5-6,8,10-11,16H2,1H3. The van der Waals surface area contributed by atoms with E-state index in [1.54, 1.807) is 6.20 Å². The van der Waals surface area contributed by atoms with Crippen LogP contribution < -0.4 is 5.73 Å². The Kier molecular flexibility index (Phi) is 4.91. The normalized spacial score (nSPS) is 22.4. The van der Waals surface area contributed by atoms with E-state index in [4.69, 9.17) is 5.73 Å². The number of hydrogen-bond donors (Lipinski definition) is 1. The van der Waals surface area contributed by atoms with E-state index in [0.717, 1.165) is 31.5 Å². The number of amides is 1. The van der Waals surface area contributed by atoms with Crippen molar-refractivity contribution in [3.05, 3.63) is 30.1 Å². The molecule has 0 spiro atoms. The average molecular weight is 261 g/mol. The third-order valence-electron chi connectivity index (χ3n) is 4.05. The molecule has 2 rings (SSSR count). The van der Waals surface area contributed by atoms with E-state index in [2.05, 4.69) is 4.98 Å². The Morgan fingerprint density at radius 1 is 1.47 bits per heavy atom. The summed E-state index contributed by atoms with van der Waals surface area (Å²) in [5.41, 5.74) is 6.72. The van der Waals surface area contributed by atoms with Gasteiger partial charge in [0.25, 0.3) is 0 Å². The molecule has 0 aromatic carbocycles. The number of carbonyl (C=O) groups is 1. The largest absolute Gasteiger partial charge is 0.337 e. The molecule has 104 valence electrons. The molecule has 1 saturated carbocycles. The minimum Gasteiger partial charge on any atom is -0.337 e. The van der Waals surface area contributed by atoms with Crippen LogP contribution in [0.2, 0.25) is 0 Å². The van der Waals surface area contributed by atoms with Crippen molar-refractivity contribution >= 4 is 5.91 Å². The summed E-state index contributed by atoms with van der Waals surface area (Å²) in [5.74, 6) is 0.736. The number of pyridine rings is 1. The van der Waals surface area contributed by atoms with Gasteiger partial charge < -0.3 is 10.6 Å². The van der Waals surface area contributed by atoms with Crippen molar-refractivity contribution in [2.24, 2.45) is 17.6 Å². The van der Waals surface area contributed by atoms with Gasteiger partial charge in [0.1, 0.15) is 0 Å². The number of carbonyl (C=O) groups excluding carboxylic acids is 1. The lowest BCUT2D eigenvalue weighted by Gasteiger charge is -2.26. The zero-order chi connectivity index (χ0) is 13.7. The van der Waals surface area contributed by atoms with Crippen molar-refractivity contribution in [1.82, 2.24) is 9.88 Å². The zero-order valence-electron chi connectivity index (χ0n) is 11.6. The molecule has 2 unspecified atom stereocenters. The predicted octanol–water partition coefficient (Wildman–Crippen LogP) is 1.81. The van der Waals surface area contributed by atoms with E-state index < -0.39 is 0 Å². The van der Waals surface area contributed by atoms with E-state index >= 15 is 0 Å². The molecule has 1 aromatic heterocycles. The van der Waals surface area contributed by atoms with Crippen LogP contribution in [0.4, 0.5) is 0 Å². The zero-order valence-corrected chi connectivity index (χ0v) is 11.6. The third kappa shape index (κ3) is 3.32. The van der Waals surface area contributed by atoms with Crippen molar-refractivity contribution in [3.8, 4) is 0 Å². The minimum atomic E-state index is 0.119. The Hall–Kier alpha value is -1.42. The lowest BCUT2D eigenvalue weighted by molar-refractivity contribution is -0.137. The first kappa shape index (κ1) is 14.0. The molecule has 4 nitrogen and oxygen atoms in total. The fourth-order valence-corrected chi connectivity index (χ4v) is 2.91. The smallest absolute Gasteiger partial charge is 0.226 e. The van der Waals surface area contributed by atoms with Gasteiger partial charge in [-0.15, -0.1) is 0 Å². The fraction of sp³-hybridized carbons (Fsp3) is 0.600. The van der Waals surface area contributed by atoms with Crippen LogP contribution in [0.15, 0.2) is 24.4 Å². The van der Waals surface area contributed by atoms with E-state index in [0.29, 0.717) is 19.0 Å². The number of nitrogens with zero attached hydrogens (tertiary/aromatic N) is 2. The Morgan fingerprint density at radius 3 is 2.95 bits per heavy atom. The van der Waals surface area contributed by atoms with Gasteiger partial charge in [-0.2, -0.15) is 0 Å². The topological polar surface area (TPSA) is 59.2 Å². The number of nitrogens with two attached hydrogens (primary N) is 1. The first-order chi connectivity index (χ1) is 9.26. The monoisotopic (exact) mass is 261 g/mol. The quantitative estimate of drug-likeness (QED) is 0.879. The van der Waals surface area contributed by atoms with Crippen LogP contribution in [0.3, 0.4) is 0 Å². The van der Waals surface area contributed by atoms with Gasteiger partial charge >= 0.3 is 0 Å². The second kappa shape index (κ2) is 6.66. The van der Waals surface area contributed by atoms with Crippen molar-refractivity contribution in [3.63, 3.8) is 0 Å². The van der Waals surface area contributed by atoms with Gasteiger partial charge in [-0.3, -0.25) is 9.78 Å². The highest BCUT2D eigenvalue weighted by Crippen LogP contribution is 2.32. The molecular formula is C15H23N3O. The second-order valence-corrected chi connectivity index (χ2v) is 5.21. The molecule has 0 aliphatic heterocycles. The fourth-order valence-electron chi connectivity index (χ4n) is 2.91. The van der Waals surface area contributed by atoms with Crippen LogP contribution in [0.5, 0.6) is 0 Å². The summed E-state index contributed by atoms with van der Waals surface area (Å²) >= 11 is 0. The van der Waals surface area contributed by atoms with Crippen LogP contribution in [-0.4, -0.2) is 28.9 Å². The molecule has 2 N–H and O–H groups in total. The first-order valence-corrected chi connectivity index (χ1v) is 7.15. The highest BCUT2D eigenvalue weighted by molar-refractivity contribution is 5.79. The van der Waals surface area contributed by atoms with Gasteiger partial charge in [0.15, 0.2) is 0 Å². The summed E-state index contributed by atoms with van der Waals surface area (Å²) in [6, 6.07) is 5.81. The highest BCUT2D eigenvalue weighted by Gasteiger charge is 2.34. The molecular weight excluding hydrogens is 238 g/mol. The van der Waals surface area contributed by atoms with Gasteiger partial charge in [0.05, 0.1) is 12.2 Å². The summed E-state index contributed by atoms with van der Waals surface area (Å²) in [6.45, 7) is 3.97. The Bertz CT molecular complexity index is 407. The van der Waals surface area contributed by atoms with Crippen LogP contribution in [-0.2, 0) is 11.3 Å². The molecule has 1 aliphatic rings. The highest BCUT2D eigenvalue weighted by atomic mass is 16.2. The van der Waals surface area contributed by atoms with Crippen LogP contribution in [0, 0.1) is 11.8 Å². The van der Waals surface area contributed by atoms with Crippen LogP contribution >= 0.6 is 0 Å². The predicted molar refractivity (Wildman–Crippen MR) is 75.2 cm³/mol. The van der Waals surface area contributed by atoms with Crippen molar-refractivity contribution in [1.29, 1.82) is 0 Å². The number of rotatable bonds is 5. The maximum absolute atomic E-state index is 12.6. The maximum atomic E-state index is 12.6. The van der Waals surface area contributed by atoms with Crippen molar-refractivity contribution in [2.75, 3.05) is 13.1 Å². The first-order valence-electron chi connectivity index (χ1n) is 7.15. The van der Waals surface area contributed by atoms with Crippen molar-refractivity contribution < 1.29 is 4.79 Å². The Balaban J connectivity index is 2.03. The van der Waals surface area contributed by atoms with Gasteiger partial charge in [-0.05, 0) is 44.4 Å². The molecule has 1 amide bonds. The molecule has 2 atom stereocenters. The van der Waals surface area contributed by atoms with Gasteiger partial charge in [0.2, 0.25) is 5.91 Å². The molecule has 1 heterocycles. The molecule has 1 fully saturated rings. The third-order valence-corrected chi connectivity index (χ3v) is 4.05. The summed E-state index contributed by atoms with van der Waals surface area (Å²) in [5, 5.41) is 0. The number of hydrogen-bond acceptors (Lipinski definition) is 3. The minimum absolute atomic E-state index is 0.119. The Labute approximate surface area is 115 Å². The second-order valence-electron chi connectivity index (χ2n) is 5.21. The van der Waals surface area contributed by atoms with E-state index in [9.17, 15) is 4.79 Å². The Morgan fingerprint density at radius 2 is 2.32 bits per heavy atom. The molecule has 19 heavy (non-hydrogen) atoms. The van der Waals surface area contributed by atoms with E-state index in [1.165, 1.54) is 0 Å². The lowest BCUT2D eigenvalue weighted by Crippen LogP contribution is -2.38. The van der Waals surface area contributed by atoms with Gasteiger partial charge in [-0.25, -0.2) is 0 Å². The molecule has 1 aromatic rings. The molecule has 0 radical (unpaired) electrons. The molecule has 0 bridgehead atoms. The van der Waals surface area contributed by atoms with Gasteiger partial charge in [0, 0.05) is 18.7 Å². The maximum Gasteiger partial charge on any atom is 0.226 e. The average Bonchev–Trinajstić information content (AvgIpc) is 2.93. The summed E-state index contributed by atoms with van der Waals surface area (Å²) in [7, 11) is 0. The van der Waals surface area contributed by atoms with Crippen LogP contribution in [0.1, 0.15) is 31.9 Å². The molecule has 0 saturated heterocycles. The van der Waals surface area contributed by atoms with Crippen LogP contribution in [0.25, 0.3) is 0 Å². The van der Waals surface area contributed by atoms with Crippen molar-refractivity contribution in [2.45, 2.75) is 32.7 Å². The lowest BCUT2D eigenvalue weighted by atomic mass is 9.94. The summed E-state index contributed by atoms with van der Waals surface area (Å²) in [6.07, 6.45) is 4.97. The van der Waals surface area contributed by atoms with Gasteiger partial charge in [-0.1, -0.05) is 12.5 Å². The summed E-state index contributed by atoms with van der Waals surface area (Å²) < 4.78 is 0.